The summed E-state index contributed by atoms with van der Waals surface area (Å²) in [7, 11) is 1.34. The first-order chi connectivity index (χ1) is 6.45. The molecule has 0 spiro atoms. The highest BCUT2D eigenvalue weighted by molar-refractivity contribution is 5.26. The number of hydrogen-bond donors (Lipinski definition) is 1. The second kappa shape index (κ2) is 3.98. The fraction of sp³-hybridized carbons (Fsp3) is 0.333. The highest BCUT2D eigenvalue weighted by Crippen LogP contribution is 2.30. The Kier molecular flexibility index (Phi) is 3.13. The van der Waals surface area contributed by atoms with E-state index >= 15 is 0 Å². The van der Waals surface area contributed by atoms with Gasteiger partial charge < -0.3 is 10.5 Å². The summed E-state index contributed by atoms with van der Waals surface area (Å²) in [6.45, 7) is 0. The molecule has 0 amide bonds. The summed E-state index contributed by atoms with van der Waals surface area (Å²) in [5, 5.41) is 0. The number of halogens is 3. The predicted molar refractivity (Wildman–Crippen MR) is 45.4 cm³/mol. The molecule has 0 aromatic heterocycles. The number of rotatable bonds is 2. The zero-order chi connectivity index (χ0) is 10.8. The van der Waals surface area contributed by atoms with Crippen molar-refractivity contribution in [2.24, 2.45) is 5.73 Å². The van der Waals surface area contributed by atoms with Gasteiger partial charge in [0.1, 0.15) is 6.23 Å². The van der Waals surface area contributed by atoms with Crippen LogP contribution in [0.5, 0.6) is 0 Å². The highest BCUT2D eigenvalue weighted by atomic mass is 19.4. The first-order valence-corrected chi connectivity index (χ1v) is 3.90. The third kappa shape index (κ3) is 2.46. The third-order valence-electron chi connectivity index (χ3n) is 1.80. The lowest BCUT2D eigenvalue weighted by atomic mass is 10.1. The molecule has 1 aromatic carbocycles. The average Bonchev–Trinajstić information content (AvgIpc) is 2.15. The van der Waals surface area contributed by atoms with Gasteiger partial charge in [-0.15, -0.1) is 0 Å². The van der Waals surface area contributed by atoms with Gasteiger partial charge in [0.15, 0.2) is 0 Å². The number of nitrogens with two attached hydrogens (primary N) is 1. The zero-order valence-corrected chi connectivity index (χ0v) is 7.51. The fourth-order valence-electron chi connectivity index (χ4n) is 1.03. The number of benzene rings is 1. The van der Waals surface area contributed by atoms with Crippen LogP contribution in [0.3, 0.4) is 0 Å². The van der Waals surface area contributed by atoms with Crippen molar-refractivity contribution in [2.45, 2.75) is 12.4 Å². The minimum atomic E-state index is -4.34. The Labute approximate surface area is 79.5 Å². The quantitative estimate of drug-likeness (QED) is 0.752. The van der Waals surface area contributed by atoms with E-state index in [1.54, 1.807) is 0 Å². The Morgan fingerprint density at radius 3 is 2.50 bits per heavy atom. The minimum absolute atomic E-state index is 0.308. The summed E-state index contributed by atoms with van der Waals surface area (Å²) in [4.78, 5) is 0. The van der Waals surface area contributed by atoms with E-state index in [9.17, 15) is 13.2 Å². The molecule has 5 heteroatoms. The van der Waals surface area contributed by atoms with Crippen molar-refractivity contribution in [1.82, 2.24) is 0 Å². The molecule has 1 rings (SSSR count). The Morgan fingerprint density at radius 2 is 2.00 bits per heavy atom. The maximum Gasteiger partial charge on any atom is 0.416 e. The lowest BCUT2D eigenvalue weighted by Gasteiger charge is -2.12. The molecule has 2 N–H and O–H groups in total. The topological polar surface area (TPSA) is 35.2 Å². The first kappa shape index (κ1) is 11.0. The number of alkyl halides is 3. The van der Waals surface area contributed by atoms with E-state index in [-0.39, 0.29) is 0 Å². The van der Waals surface area contributed by atoms with Crippen LogP contribution in [0.2, 0.25) is 0 Å². The van der Waals surface area contributed by atoms with Crippen LogP contribution in [0, 0.1) is 0 Å². The zero-order valence-electron chi connectivity index (χ0n) is 7.51. The van der Waals surface area contributed by atoms with Crippen LogP contribution in [0.25, 0.3) is 0 Å². The van der Waals surface area contributed by atoms with Crippen molar-refractivity contribution in [3.8, 4) is 0 Å². The third-order valence-corrected chi connectivity index (χ3v) is 1.80. The lowest BCUT2D eigenvalue weighted by Crippen LogP contribution is -2.13. The Bertz CT molecular complexity index is 311. The molecule has 14 heavy (non-hydrogen) atoms. The second-order valence-electron chi connectivity index (χ2n) is 2.78. The van der Waals surface area contributed by atoms with Gasteiger partial charge in [0, 0.05) is 7.11 Å². The van der Waals surface area contributed by atoms with Gasteiger partial charge in [-0.2, -0.15) is 13.2 Å². The van der Waals surface area contributed by atoms with Gasteiger partial charge in [0.05, 0.1) is 5.56 Å². The number of hydrogen-bond acceptors (Lipinski definition) is 2. The van der Waals surface area contributed by atoms with E-state index in [4.69, 9.17) is 10.5 Å². The van der Waals surface area contributed by atoms with Crippen molar-refractivity contribution in [1.29, 1.82) is 0 Å². The molecule has 0 fully saturated rings. The summed E-state index contributed by atoms with van der Waals surface area (Å²) in [5.41, 5.74) is 5.00. The molecule has 0 saturated heterocycles. The summed E-state index contributed by atoms with van der Waals surface area (Å²) in [6.07, 6.45) is -5.17. The van der Waals surface area contributed by atoms with Crippen molar-refractivity contribution >= 4 is 0 Å². The molecule has 2 nitrogen and oxygen atoms in total. The molecule has 1 unspecified atom stereocenters. The van der Waals surface area contributed by atoms with Gasteiger partial charge >= 0.3 is 6.18 Å². The van der Waals surface area contributed by atoms with Crippen molar-refractivity contribution in [3.05, 3.63) is 35.4 Å². The Balaban J connectivity index is 3.01. The van der Waals surface area contributed by atoms with Gasteiger partial charge in [-0.3, -0.25) is 0 Å². The summed E-state index contributed by atoms with van der Waals surface area (Å²) >= 11 is 0. The normalized spacial score (nSPS) is 14.1. The molecule has 0 bridgehead atoms. The molecule has 0 aliphatic rings. The molecule has 1 aromatic rings. The van der Waals surface area contributed by atoms with Crippen LogP contribution in [0.4, 0.5) is 13.2 Å². The maximum atomic E-state index is 12.3. The molecule has 0 aliphatic carbocycles. The highest BCUT2D eigenvalue weighted by Gasteiger charge is 2.30. The molecule has 1 atom stereocenters. The average molecular weight is 205 g/mol. The minimum Gasteiger partial charge on any atom is -0.363 e. The van der Waals surface area contributed by atoms with Gasteiger partial charge in [-0.25, -0.2) is 0 Å². The van der Waals surface area contributed by atoms with Crippen LogP contribution in [-0.2, 0) is 10.9 Å². The van der Waals surface area contributed by atoms with Gasteiger partial charge in [0.2, 0.25) is 0 Å². The second-order valence-corrected chi connectivity index (χ2v) is 2.78. The molecule has 0 saturated carbocycles. The van der Waals surface area contributed by atoms with Crippen LogP contribution in [0.15, 0.2) is 24.3 Å². The Hall–Kier alpha value is -1.07. The Morgan fingerprint density at radius 1 is 1.36 bits per heavy atom. The van der Waals surface area contributed by atoms with Gasteiger partial charge in [-0.05, 0) is 17.7 Å². The SMILES string of the molecule is COC(N)c1cccc(C(F)(F)F)c1. The van der Waals surface area contributed by atoms with E-state index in [2.05, 4.69) is 0 Å². The maximum absolute atomic E-state index is 12.3. The summed E-state index contributed by atoms with van der Waals surface area (Å²) in [6, 6.07) is 4.76. The van der Waals surface area contributed by atoms with Crippen molar-refractivity contribution in [2.75, 3.05) is 7.11 Å². The number of methoxy groups -OCH3 is 1. The van der Waals surface area contributed by atoms with Crippen LogP contribution < -0.4 is 5.73 Å². The van der Waals surface area contributed by atoms with Crippen molar-refractivity contribution in [3.63, 3.8) is 0 Å². The number of ether oxygens (including phenoxy) is 1. The predicted octanol–water partition coefficient (Wildman–Crippen LogP) is 2.31. The largest absolute Gasteiger partial charge is 0.416 e. The van der Waals surface area contributed by atoms with E-state index in [0.717, 1.165) is 12.1 Å². The van der Waals surface area contributed by atoms with E-state index in [1.165, 1.54) is 19.2 Å². The standard InChI is InChI=1S/C9H10F3NO/c1-14-8(13)6-3-2-4-7(5-6)9(10,11)12/h2-5,8H,13H2,1H3. The lowest BCUT2D eigenvalue weighted by molar-refractivity contribution is -0.137. The summed E-state index contributed by atoms with van der Waals surface area (Å²) in [5.74, 6) is 0. The molecule has 78 valence electrons. The molecular formula is C9H10F3NO. The first-order valence-electron chi connectivity index (χ1n) is 3.90. The smallest absolute Gasteiger partial charge is 0.363 e. The van der Waals surface area contributed by atoms with Gasteiger partial charge in [0.25, 0.3) is 0 Å². The van der Waals surface area contributed by atoms with Gasteiger partial charge in [-0.1, -0.05) is 12.1 Å². The molecular weight excluding hydrogens is 195 g/mol. The monoisotopic (exact) mass is 205 g/mol. The molecule has 0 aliphatic heterocycles. The van der Waals surface area contributed by atoms with Crippen LogP contribution in [0.1, 0.15) is 17.4 Å². The summed E-state index contributed by atoms with van der Waals surface area (Å²) < 4.78 is 41.5. The van der Waals surface area contributed by atoms with E-state index in [0.29, 0.717) is 5.56 Å². The fourth-order valence-corrected chi connectivity index (χ4v) is 1.03. The molecule has 0 heterocycles. The van der Waals surface area contributed by atoms with E-state index < -0.39 is 18.0 Å². The van der Waals surface area contributed by atoms with Crippen molar-refractivity contribution < 1.29 is 17.9 Å². The molecule has 0 radical (unpaired) electrons. The van der Waals surface area contributed by atoms with Crippen LogP contribution in [-0.4, -0.2) is 7.11 Å². The van der Waals surface area contributed by atoms with E-state index in [1.807, 2.05) is 0 Å². The van der Waals surface area contributed by atoms with Crippen LogP contribution >= 0.6 is 0 Å².